The molecule has 0 aromatic heterocycles. The molecule has 1 aromatic rings. The van der Waals surface area contributed by atoms with Crippen LogP contribution in [0.25, 0.3) is 0 Å². The Balaban J connectivity index is 2.63. The lowest BCUT2D eigenvalue weighted by Crippen LogP contribution is -2.29. The summed E-state index contributed by atoms with van der Waals surface area (Å²) in [6, 6.07) is 9.59. The SMILES string of the molecule is CCS(=O)(=O)CCCC(=O)C(C)(C)c1ccccc1. The summed E-state index contributed by atoms with van der Waals surface area (Å²) in [5.41, 5.74) is 0.412. The number of hydrogen-bond acceptors (Lipinski definition) is 3. The molecular formula is C15H22O3S. The molecular weight excluding hydrogens is 260 g/mol. The van der Waals surface area contributed by atoms with Gasteiger partial charge in [-0.15, -0.1) is 0 Å². The summed E-state index contributed by atoms with van der Waals surface area (Å²) >= 11 is 0. The van der Waals surface area contributed by atoms with E-state index in [0.29, 0.717) is 12.8 Å². The van der Waals surface area contributed by atoms with E-state index < -0.39 is 15.3 Å². The van der Waals surface area contributed by atoms with Crippen LogP contribution in [0.15, 0.2) is 30.3 Å². The van der Waals surface area contributed by atoms with Crippen LogP contribution < -0.4 is 0 Å². The Morgan fingerprint density at radius 2 is 1.74 bits per heavy atom. The molecule has 4 heteroatoms. The van der Waals surface area contributed by atoms with Gasteiger partial charge in [-0.3, -0.25) is 4.79 Å². The van der Waals surface area contributed by atoms with Crippen LogP contribution in [0, 0.1) is 0 Å². The Morgan fingerprint density at radius 3 is 2.26 bits per heavy atom. The maximum atomic E-state index is 12.2. The van der Waals surface area contributed by atoms with E-state index in [-0.39, 0.29) is 17.3 Å². The Bertz CT molecular complexity index is 516. The van der Waals surface area contributed by atoms with E-state index >= 15 is 0 Å². The molecule has 1 rings (SSSR count). The van der Waals surface area contributed by atoms with Gasteiger partial charge in [0, 0.05) is 17.6 Å². The summed E-state index contributed by atoms with van der Waals surface area (Å²) in [4.78, 5) is 12.2. The molecule has 3 nitrogen and oxygen atoms in total. The van der Waals surface area contributed by atoms with Crippen molar-refractivity contribution < 1.29 is 13.2 Å². The van der Waals surface area contributed by atoms with Gasteiger partial charge in [0.2, 0.25) is 0 Å². The minimum atomic E-state index is -2.98. The highest BCUT2D eigenvalue weighted by atomic mass is 32.2. The first-order valence-corrected chi connectivity index (χ1v) is 8.41. The average molecular weight is 282 g/mol. The number of benzene rings is 1. The fourth-order valence-corrected chi connectivity index (χ4v) is 2.80. The molecule has 0 bridgehead atoms. The van der Waals surface area contributed by atoms with Crippen LogP contribution in [-0.2, 0) is 20.0 Å². The lowest BCUT2D eigenvalue weighted by molar-refractivity contribution is -0.123. The number of ketones is 1. The largest absolute Gasteiger partial charge is 0.299 e. The van der Waals surface area contributed by atoms with Gasteiger partial charge in [0.1, 0.15) is 15.6 Å². The van der Waals surface area contributed by atoms with E-state index in [4.69, 9.17) is 0 Å². The van der Waals surface area contributed by atoms with Crippen LogP contribution in [-0.4, -0.2) is 25.7 Å². The molecule has 1 aromatic carbocycles. The maximum Gasteiger partial charge on any atom is 0.150 e. The molecule has 0 heterocycles. The molecule has 0 atom stereocenters. The average Bonchev–Trinajstić information content (AvgIpc) is 2.39. The van der Waals surface area contributed by atoms with Crippen LogP contribution in [0.3, 0.4) is 0 Å². The van der Waals surface area contributed by atoms with Gasteiger partial charge in [0.05, 0.1) is 5.75 Å². The van der Waals surface area contributed by atoms with E-state index in [2.05, 4.69) is 0 Å². The van der Waals surface area contributed by atoms with Gasteiger partial charge in [-0.1, -0.05) is 37.3 Å². The summed E-state index contributed by atoms with van der Waals surface area (Å²) in [6.45, 7) is 5.41. The van der Waals surface area contributed by atoms with Gasteiger partial charge < -0.3 is 0 Å². The zero-order valence-corrected chi connectivity index (χ0v) is 12.7. The minimum Gasteiger partial charge on any atom is -0.299 e. The van der Waals surface area contributed by atoms with Gasteiger partial charge in [0.25, 0.3) is 0 Å². The molecule has 0 aliphatic carbocycles. The van der Waals surface area contributed by atoms with Crippen LogP contribution in [0.5, 0.6) is 0 Å². The van der Waals surface area contributed by atoms with Crippen molar-refractivity contribution in [3.63, 3.8) is 0 Å². The second-order valence-corrected chi connectivity index (χ2v) is 7.73. The monoisotopic (exact) mass is 282 g/mol. The standard InChI is InChI=1S/C15H22O3S/c1-4-19(17,18)12-8-11-14(16)15(2,3)13-9-6-5-7-10-13/h5-7,9-10H,4,8,11-12H2,1-3H3. The molecule has 0 amide bonds. The third kappa shape index (κ3) is 4.46. The second kappa shape index (κ2) is 6.33. The normalized spacial score (nSPS) is 12.4. The van der Waals surface area contributed by atoms with Crippen molar-refractivity contribution in [3.05, 3.63) is 35.9 Å². The lowest BCUT2D eigenvalue weighted by atomic mass is 9.79. The van der Waals surface area contributed by atoms with E-state index in [1.165, 1.54) is 0 Å². The highest BCUT2D eigenvalue weighted by Crippen LogP contribution is 2.25. The van der Waals surface area contributed by atoms with Crippen molar-refractivity contribution in [2.75, 3.05) is 11.5 Å². The molecule has 0 fully saturated rings. The predicted molar refractivity (Wildman–Crippen MR) is 78.0 cm³/mol. The maximum absolute atomic E-state index is 12.2. The fraction of sp³-hybridized carbons (Fsp3) is 0.533. The van der Waals surface area contributed by atoms with Crippen molar-refractivity contribution in [2.24, 2.45) is 0 Å². The third-order valence-electron chi connectivity index (χ3n) is 3.49. The Labute approximate surface area is 116 Å². The van der Waals surface area contributed by atoms with Crippen molar-refractivity contribution in [1.82, 2.24) is 0 Å². The summed E-state index contributed by atoms with van der Waals surface area (Å²) < 4.78 is 22.8. The third-order valence-corrected chi connectivity index (χ3v) is 5.28. The summed E-state index contributed by atoms with van der Waals surface area (Å²) in [6.07, 6.45) is 0.715. The first kappa shape index (κ1) is 15.9. The number of rotatable bonds is 7. The van der Waals surface area contributed by atoms with Gasteiger partial charge in [-0.2, -0.15) is 0 Å². The zero-order valence-electron chi connectivity index (χ0n) is 11.8. The molecule has 0 unspecified atom stereocenters. The van der Waals surface area contributed by atoms with E-state index in [1.54, 1.807) is 6.92 Å². The van der Waals surface area contributed by atoms with Crippen molar-refractivity contribution in [3.8, 4) is 0 Å². The second-order valence-electron chi connectivity index (χ2n) is 5.25. The smallest absolute Gasteiger partial charge is 0.150 e. The Hall–Kier alpha value is -1.16. The highest BCUT2D eigenvalue weighted by molar-refractivity contribution is 7.91. The molecule has 0 N–H and O–H groups in total. The zero-order chi connectivity index (χ0) is 14.5. The van der Waals surface area contributed by atoms with Crippen molar-refractivity contribution in [2.45, 2.75) is 39.0 Å². The number of sulfone groups is 1. The number of carbonyl (C=O) groups is 1. The van der Waals surface area contributed by atoms with Gasteiger partial charge in [0.15, 0.2) is 0 Å². The summed E-state index contributed by atoms with van der Waals surface area (Å²) in [5.74, 6) is 0.327. The van der Waals surface area contributed by atoms with Crippen LogP contribution in [0.4, 0.5) is 0 Å². The van der Waals surface area contributed by atoms with Crippen molar-refractivity contribution >= 4 is 15.6 Å². The number of hydrogen-bond donors (Lipinski definition) is 0. The number of carbonyl (C=O) groups excluding carboxylic acids is 1. The molecule has 0 aliphatic heterocycles. The molecule has 0 saturated carbocycles. The van der Waals surface area contributed by atoms with Crippen LogP contribution in [0.1, 0.15) is 39.2 Å². The van der Waals surface area contributed by atoms with Gasteiger partial charge in [-0.05, 0) is 25.8 Å². The minimum absolute atomic E-state index is 0.0880. The van der Waals surface area contributed by atoms with Crippen LogP contribution >= 0.6 is 0 Å². The van der Waals surface area contributed by atoms with Crippen molar-refractivity contribution in [1.29, 1.82) is 0 Å². The molecule has 19 heavy (non-hydrogen) atoms. The molecule has 0 radical (unpaired) electrons. The molecule has 106 valence electrons. The van der Waals surface area contributed by atoms with E-state index in [1.807, 2.05) is 44.2 Å². The van der Waals surface area contributed by atoms with E-state index in [9.17, 15) is 13.2 Å². The first-order valence-electron chi connectivity index (χ1n) is 6.59. The van der Waals surface area contributed by atoms with Crippen LogP contribution in [0.2, 0.25) is 0 Å². The van der Waals surface area contributed by atoms with Gasteiger partial charge >= 0.3 is 0 Å². The Kier molecular flexibility index (Phi) is 5.29. The van der Waals surface area contributed by atoms with Gasteiger partial charge in [-0.25, -0.2) is 8.42 Å². The first-order chi connectivity index (χ1) is 8.79. The van der Waals surface area contributed by atoms with E-state index in [0.717, 1.165) is 5.56 Å². The summed E-state index contributed by atoms with van der Waals surface area (Å²) in [7, 11) is -2.98. The highest BCUT2D eigenvalue weighted by Gasteiger charge is 2.28. The quantitative estimate of drug-likeness (QED) is 0.772. The summed E-state index contributed by atoms with van der Waals surface area (Å²) in [5, 5.41) is 0. The number of Topliss-reactive ketones (excluding diaryl/α,β-unsaturated/α-hetero) is 1. The predicted octanol–water partition coefficient (Wildman–Crippen LogP) is 2.75. The topological polar surface area (TPSA) is 51.2 Å². The lowest BCUT2D eigenvalue weighted by Gasteiger charge is -2.23. The molecule has 0 saturated heterocycles. The molecule has 0 aliphatic rings. The Morgan fingerprint density at radius 1 is 1.16 bits per heavy atom. The fourth-order valence-electron chi connectivity index (χ4n) is 1.93. The molecule has 0 spiro atoms.